The lowest BCUT2D eigenvalue weighted by Crippen LogP contribution is -2.21. The maximum absolute atomic E-state index is 11.5. The van der Waals surface area contributed by atoms with Gasteiger partial charge in [-0.25, -0.2) is 8.42 Å². The zero-order valence-corrected chi connectivity index (χ0v) is 11.8. The van der Waals surface area contributed by atoms with Gasteiger partial charge in [0.15, 0.2) is 9.84 Å². The smallest absolute Gasteiger partial charge is 0.293 e. The van der Waals surface area contributed by atoms with Crippen molar-refractivity contribution in [1.29, 1.82) is 0 Å². The third-order valence-corrected chi connectivity index (χ3v) is 4.57. The summed E-state index contributed by atoms with van der Waals surface area (Å²) in [5, 5.41) is 20.3. The van der Waals surface area contributed by atoms with Crippen molar-refractivity contribution in [1.82, 2.24) is 0 Å². The van der Waals surface area contributed by atoms with Gasteiger partial charge in [-0.15, -0.1) is 0 Å². The summed E-state index contributed by atoms with van der Waals surface area (Å²) in [5.74, 6) is 0.101. The molecular formula is C12H16N2O5S. The minimum Gasteiger partial charge on any atom is -0.396 e. The molecule has 1 aliphatic heterocycles. The molecule has 7 nitrogen and oxygen atoms in total. The van der Waals surface area contributed by atoms with Crippen molar-refractivity contribution >= 4 is 21.2 Å². The Labute approximate surface area is 116 Å². The Morgan fingerprint density at radius 3 is 2.70 bits per heavy atom. The Morgan fingerprint density at radius 2 is 2.20 bits per heavy atom. The first-order valence-electron chi connectivity index (χ1n) is 6.17. The van der Waals surface area contributed by atoms with Crippen LogP contribution in [0, 0.1) is 16.0 Å². The van der Waals surface area contributed by atoms with Crippen molar-refractivity contribution in [2.45, 2.75) is 11.3 Å². The number of hydrogen-bond acceptors (Lipinski definition) is 6. The van der Waals surface area contributed by atoms with E-state index in [2.05, 4.69) is 0 Å². The van der Waals surface area contributed by atoms with E-state index in [0.29, 0.717) is 18.8 Å². The molecule has 8 heteroatoms. The van der Waals surface area contributed by atoms with Crippen molar-refractivity contribution < 1.29 is 18.4 Å². The van der Waals surface area contributed by atoms with Crippen LogP contribution in [-0.4, -0.2) is 44.4 Å². The van der Waals surface area contributed by atoms with E-state index in [-0.39, 0.29) is 23.1 Å². The zero-order valence-electron chi connectivity index (χ0n) is 11.0. The molecule has 1 saturated heterocycles. The zero-order chi connectivity index (χ0) is 14.9. The lowest BCUT2D eigenvalue weighted by atomic mass is 10.1. The van der Waals surface area contributed by atoms with E-state index in [0.717, 1.165) is 18.7 Å². The minimum atomic E-state index is -3.48. The van der Waals surface area contributed by atoms with E-state index in [9.17, 15) is 18.5 Å². The molecule has 1 atom stereocenters. The van der Waals surface area contributed by atoms with Gasteiger partial charge in [-0.2, -0.15) is 0 Å². The molecule has 0 aromatic heterocycles. The number of anilines is 1. The topological polar surface area (TPSA) is 101 Å². The standard InChI is InChI=1S/C12H16N2O5S/c1-20(18,19)10-2-3-11(12(6-10)14(16)17)13-5-4-9(7-13)8-15/h2-3,6,9,15H,4-5,7-8H2,1H3. The van der Waals surface area contributed by atoms with Crippen LogP contribution in [0.25, 0.3) is 0 Å². The number of sulfone groups is 1. The van der Waals surface area contributed by atoms with E-state index < -0.39 is 14.8 Å². The molecule has 20 heavy (non-hydrogen) atoms. The van der Waals surface area contributed by atoms with E-state index >= 15 is 0 Å². The molecule has 1 aromatic carbocycles. The van der Waals surface area contributed by atoms with Crippen molar-refractivity contribution in [3.63, 3.8) is 0 Å². The van der Waals surface area contributed by atoms with Crippen molar-refractivity contribution in [2.75, 3.05) is 30.9 Å². The van der Waals surface area contributed by atoms with Crippen LogP contribution in [0.1, 0.15) is 6.42 Å². The van der Waals surface area contributed by atoms with E-state index in [4.69, 9.17) is 5.11 Å². The lowest BCUT2D eigenvalue weighted by Gasteiger charge is -2.18. The number of nitro groups is 1. The highest BCUT2D eigenvalue weighted by molar-refractivity contribution is 7.90. The van der Waals surface area contributed by atoms with Gasteiger partial charge < -0.3 is 10.0 Å². The summed E-state index contributed by atoms with van der Waals surface area (Å²) >= 11 is 0. The fourth-order valence-corrected chi connectivity index (χ4v) is 2.99. The van der Waals surface area contributed by atoms with Gasteiger partial charge in [-0.1, -0.05) is 0 Å². The first-order chi connectivity index (χ1) is 9.32. The van der Waals surface area contributed by atoms with E-state index in [1.165, 1.54) is 12.1 Å². The van der Waals surface area contributed by atoms with Gasteiger partial charge in [-0.05, 0) is 18.6 Å². The van der Waals surface area contributed by atoms with Gasteiger partial charge in [0.25, 0.3) is 5.69 Å². The molecule has 0 aliphatic carbocycles. The molecule has 0 bridgehead atoms. The first-order valence-corrected chi connectivity index (χ1v) is 8.06. The second-order valence-corrected chi connectivity index (χ2v) is 6.98. The summed E-state index contributed by atoms with van der Waals surface area (Å²) in [6.07, 6.45) is 1.78. The van der Waals surface area contributed by atoms with Gasteiger partial charge in [0.2, 0.25) is 0 Å². The Morgan fingerprint density at radius 1 is 1.50 bits per heavy atom. The number of aliphatic hydroxyl groups excluding tert-OH is 1. The number of nitrogens with zero attached hydrogens (tertiary/aromatic N) is 2. The molecule has 1 unspecified atom stereocenters. The molecule has 1 N–H and O–H groups in total. The quantitative estimate of drug-likeness (QED) is 0.652. The van der Waals surface area contributed by atoms with Gasteiger partial charge in [0, 0.05) is 37.9 Å². The predicted octanol–water partition coefficient (Wildman–Crippen LogP) is 0.817. The maximum Gasteiger partial charge on any atom is 0.293 e. The maximum atomic E-state index is 11.5. The van der Waals surface area contributed by atoms with Crippen LogP contribution in [0.5, 0.6) is 0 Å². The normalized spacial score (nSPS) is 19.3. The summed E-state index contributed by atoms with van der Waals surface area (Å²) in [6.45, 7) is 1.20. The van der Waals surface area contributed by atoms with Gasteiger partial charge in [-0.3, -0.25) is 10.1 Å². The molecule has 0 amide bonds. The Kier molecular flexibility index (Phi) is 3.96. The molecule has 0 spiro atoms. The largest absolute Gasteiger partial charge is 0.396 e. The summed E-state index contributed by atoms with van der Waals surface area (Å²) in [4.78, 5) is 12.3. The second-order valence-electron chi connectivity index (χ2n) is 4.96. The molecule has 0 saturated carbocycles. The van der Waals surface area contributed by atoms with Crippen molar-refractivity contribution in [2.24, 2.45) is 5.92 Å². The summed E-state index contributed by atoms with van der Waals surface area (Å²) in [6, 6.07) is 3.94. The summed E-state index contributed by atoms with van der Waals surface area (Å²) in [5.41, 5.74) is 0.185. The molecule has 110 valence electrons. The molecule has 1 heterocycles. The molecular weight excluding hydrogens is 284 g/mol. The van der Waals surface area contributed by atoms with E-state index in [1.807, 2.05) is 4.90 Å². The summed E-state index contributed by atoms with van der Waals surface area (Å²) < 4.78 is 22.9. The molecule has 1 fully saturated rings. The summed E-state index contributed by atoms with van der Waals surface area (Å²) in [7, 11) is -3.48. The van der Waals surface area contributed by atoms with Crippen LogP contribution < -0.4 is 4.90 Å². The molecule has 2 rings (SSSR count). The molecule has 1 aromatic rings. The Hall–Kier alpha value is -1.67. The highest BCUT2D eigenvalue weighted by atomic mass is 32.2. The third-order valence-electron chi connectivity index (χ3n) is 3.46. The number of hydrogen-bond donors (Lipinski definition) is 1. The average molecular weight is 300 g/mol. The Bertz CT molecular complexity index is 629. The van der Waals surface area contributed by atoms with Crippen LogP contribution in [0.3, 0.4) is 0 Å². The highest BCUT2D eigenvalue weighted by Crippen LogP contribution is 2.33. The fraction of sp³-hybridized carbons (Fsp3) is 0.500. The van der Waals surface area contributed by atoms with Gasteiger partial charge >= 0.3 is 0 Å². The minimum absolute atomic E-state index is 0.0473. The van der Waals surface area contributed by atoms with Gasteiger partial charge in [0.05, 0.1) is 9.82 Å². The SMILES string of the molecule is CS(=O)(=O)c1ccc(N2CCC(CO)C2)c([N+](=O)[O-])c1. The van der Waals surface area contributed by atoms with E-state index in [1.54, 1.807) is 0 Å². The fourth-order valence-electron chi connectivity index (χ4n) is 2.35. The first kappa shape index (κ1) is 14.7. The number of nitro benzene ring substituents is 1. The van der Waals surface area contributed by atoms with Crippen LogP contribution in [0.2, 0.25) is 0 Å². The average Bonchev–Trinajstić information content (AvgIpc) is 2.85. The third kappa shape index (κ3) is 2.91. The van der Waals surface area contributed by atoms with Crippen LogP contribution in [0.15, 0.2) is 23.1 Å². The molecule has 1 aliphatic rings. The van der Waals surface area contributed by atoms with Crippen LogP contribution in [0.4, 0.5) is 11.4 Å². The van der Waals surface area contributed by atoms with Crippen LogP contribution >= 0.6 is 0 Å². The van der Waals surface area contributed by atoms with Crippen molar-refractivity contribution in [3.8, 4) is 0 Å². The number of benzene rings is 1. The number of aliphatic hydroxyl groups is 1. The Balaban J connectivity index is 2.42. The lowest BCUT2D eigenvalue weighted by molar-refractivity contribution is -0.384. The molecule has 0 radical (unpaired) electrons. The van der Waals surface area contributed by atoms with Gasteiger partial charge in [0.1, 0.15) is 5.69 Å². The second kappa shape index (κ2) is 5.37. The highest BCUT2D eigenvalue weighted by Gasteiger charge is 2.28. The van der Waals surface area contributed by atoms with Crippen molar-refractivity contribution in [3.05, 3.63) is 28.3 Å². The number of rotatable bonds is 4. The monoisotopic (exact) mass is 300 g/mol. The predicted molar refractivity (Wildman–Crippen MR) is 73.6 cm³/mol. The van der Waals surface area contributed by atoms with Crippen LogP contribution in [-0.2, 0) is 9.84 Å².